The van der Waals surface area contributed by atoms with Crippen molar-refractivity contribution in [3.8, 4) is 0 Å². The number of isocyanates is 2. The van der Waals surface area contributed by atoms with E-state index in [-0.39, 0.29) is 0 Å². The van der Waals surface area contributed by atoms with E-state index in [9.17, 15) is 9.59 Å². The average Bonchev–Trinajstić information content (AvgIpc) is 2.60. The number of hydrogen-bond acceptors (Lipinski definition) is 4. The lowest BCUT2D eigenvalue weighted by Crippen LogP contribution is -1.97. The molecule has 0 saturated heterocycles. The molecule has 0 radical (unpaired) electrons. The van der Waals surface area contributed by atoms with Gasteiger partial charge in [-0.1, -0.05) is 38.1 Å². The molecule has 2 rings (SSSR count). The normalized spacial score (nSPS) is 10.1. The van der Waals surface area contributed by atoms with E-state index in [0.717, 1.165) is 35.1 Å². The van der Waals surface area contributed by atoms with Crippen LogP contribution in [0, 0.1) is 13.8 Å². The molecule has 128 valence electrons. The van der Waals surface area contributed by atoms with E-state index >= 15 is 0 Å². The molecule has 2 aromatic carbocycles. The summed E-state index contributed by atoms with van der Waals surface area (Å²) in [4.78, 5) is 29.5. The number of nitrogens with zero attached hydrogens (tertiary/aromatic N) is 2. The van der Waals surface area contributed by atoms with Gasteiger partial charge in [-0.05, 0) is 60.1 Å². The van der Waals surface area contributed by atoms with Gasteiger partial charge in [-0.25, -0.2) is 9.59 Å². The van der Waals surface area contributed by atoms with E-state index in [1.165, 1.54) is 11.1 Å². The van der Waals surface area contributed by atoms with Gasteiger partial charge in [0.2, 0.25) is 12.2 Å². The van der Waals surface area contributed by atoms with Crippen molar-refractivity contribution in [1.82, 2.24) is 0 Å². The lowest BCUT2D eigenvalue weighted by Gasteiger charge is -2.14. The first-order chi connectivity index (χ1) is 12.0. The Labute approximate surface area is 148 Å². The number of hydrogen-bond donors (Lipinski definition) is 0. The average molecular weight is 334 g/mol. The number of carbonyl (C=O) groups excluding carboxylic acids is 2. The van der Waals surface area contributed by atoms with Gasteiger partial charge >= 0.3 is 0 Å². The molecular weight excluding hydrogens is 312 g/mol. The Hall–Kier alpha value is -2.80. The highest BCUT2D eigenvalue weighted by Gasteiger charge is 2.13. The fourth-order valence-corrected chi connectivity index (χ4v) is 3.16. The van der Waals surface area contributed by atoms with Gasteiger partial charge in [-0.2, -0.15) is 9.98 Å². The molecule has 0 amide bonds. The molecule has 0 unspecified atom stereocenters. The smallest absolute Gasteiger partial charge is 0.211 e. The summed E-state index contributed by atoms with van der Waals surface area (Å²) in [6.45, 7) is 8.06. The van der Waals surface area contributed by atoms with Crippen molar-refractivity contribution >= 4 is 23.5 Å². The van der Waals surface area contributed by atoms with Gasteiger partial charge in [0.1, 0.15) is 0 Å². The molecule has 0 spiro atoms. The molecule has 0 N–H and O–H groups in total. The van der Waals surface area contributed by atoms with Crippen molar-refractivity contribution in [2.75, 3.05) is 0 Å². The van der Waals surface area contributed by atoms with E-state index < -0.39 is 0 Å². The lowest BCUT2D eigenvalue weighted by atomic mass is 9.93. The van der Waals surface area contributed by atoms with Crippen molar-refractivity contribution in [2.45, 2.75) is 47.0 Å². The van der Waals surface area contributed by atoms with Gasteiger partial charge in [0.25, 0.3) is 0 Å². The Morgan fingerprint density at radius 3 is 1.48 bits per heavy atom. The zero-order chi connectivity index (χ0) is 18.4. The minimum Gasteiger partial charge on any atom is -0.211 e. The van der Waals surface area contributed by atoms with Crippen LogP contribution in [-0.2, 0) is 28.9 Å². The van der Waals surface area contributed by atoms with E-state index in [2.05, 4.69) is 36.0 Å². The Balaban J connectivity index is 2.66. The first-order valence-corrected chi connectivity index (χ1v) is 8.44. The largest absolute Gasteiger partial charge is 0.240 e. The zero-order valence-electron chi connectivity index (χ0n) is 15.1. The SMILES string of the molecule is CCc1cc(C)c(N=C=O)c(Cc2cc(CC)cc(C)c2N=C=O)c1. The molecule has 25 heavy (non-hydrogen) atoms. The summed E-state index contributed by atoms with van der Waals surface area (Å²) in [6, 6.07) is 8.20. The lowest BCUT2D eigenvalue weighted by molar-refractivity contribution is 0.564. The van der Waals surface area contributed by atoms with Crippen molar-refractivity contribution in [3.05, 3.63) is 57.6 Å². The Morgan fingerprint density at radius 1 is 0.760 bits per heavy atom. The minimum atomic E-state index is 0.546. The quantitative estimate of drug-likeness (QED) is 0.554. The summed E-state index contributed by atoms with van der Waals surface area (Å²) in [5.41, 5.74) is 7.43. The minimum absolute atomic E-state index is 0.546. The first-order valence-electron chi connectivity index (χ1n) is 8.44. The van der Waals surface area contributed by atoms with Crippen LogP contribution in [0.5, 0.6) is 0 Å². The molecule has 4 nitrogen and oxygen atoms in total. The maximum absolute atomic E-state index is 10.8. The molecule has 0 aliphatic heterocycles. The number of aryl methyl sites for hydroxylation is 4. The third-order valence-electron chi connectivity index (χ3n) is 4.39. The van der Waals surface area contributed by atoms with Gasteiger partial charge in [0, 0.05) is 6.42 Å². The topological polar surface area (TPSA) is 58.9 Å². The summed E-state index contributed by atoms with van der Waals surface area (Å²) in [5.74, 6) is 0. The Bertz CT molecular complexity index is 814. The maximum atomic E-state index is 10.8. The van der Waals surface area contributed by atoms with Gasteiger partial charge in [-0.3, -0.25) is 0 Å². The molecular formula is C21H22N2O2. The second kappa shape index (κ2) is 8.34. The van der Waals surface area contributed by atoms with Crippen LogP contribution in [0.1, 0.15) is 47.2 Å². The van der Waals surface area contributed by atoms with E-state index in [4.69, 9.17) is 0 Å². The van der Waals surface area contributed by atoms with Crippen LogP contribution < -0.4 is 0 Å². The molecule has 0 bridgehead atoms. The van der Waals surface area contributed by atoms with E-state index in [1.54, 1.807) is 12.2 Å². The second-order valence-electron chi connectivity index (χ2n) is 6.13. The monoisotopic (exact) mass is 334 g/mol. The predicted molar refractivity (Wildman–Crippen MR) is 99.5 cm³/mol. The van der Waals surface area contributed by atoms with Gasteiger partial charge in [-0.15, -0.1) is 0 Å². The van der Waals surface area contributed by atoms with Crippen LogP contribution in [0.3, 0.4) is 0 Å². The van der Waals surface area contributed by atoms with Crippen LogP contribution in [0.15, 0.2) is 34.3 Å². The molecule has 4 heteroatoms. The summed E-state index contributed by atoms with van der Waals surface area (Å²) in [5, 5.41) is 0. The van der Waals surface area contributed by atoms with Gasteiger partial charge < -0.3 is 0 Å². The third-order valence-corrected chi connectivity index (χ3v) is 4.39. The summed E-state index contributed by atoms with van der Waals surface area (Å²) in [6.07, 6.45) is 5.64. The molecule has 0 saturated carbocycles. The molecule has 0 aromatic heterocycles. The van der Waals surface area contributed by atoms with Crippen LogP contribution in [0.2, 0.25) is 0 Å². The fourth-order valence-electron chi connectivity index (χ4n) is 3.16. The zero-order valence-corrected chi connectivity index (χ0v) is 15.1. The van der Waals surface area contributed by atoms with Gasteiger partial charge in [0.15, 0.2) is 0 Å². The molecule has 0 aliphatic carbocycles. The van der Waals surface area contributed by atoms with E-state index in [0.29, 0.717) is 17.8 Å². The Kier molecular flexibility index (Phi) is 6.19. The van der Waals surface area contributed by atoms with Crippen molar-refractivity contribution in [3.63, 3.8) is 0 Å². The highest BCUT2D eigenvalue weighted by Crippen LogP contribution is 2.33. The van der Waals surface area contributed by atoms with Crippen LogP contribution >= 0.6 is 0 Å². The number of rotatable bonds is 6. The van der Waals surface area contributed by atoms with Crippen LogP contribution in [0.25, 0.3) is 0 Å². The van der Waals surface area contributed by atoms with Gasteiger partial charge in [0.05, 0.1) is 11.4 Å². The molecule has 2 aromatic rings. The fraction of sp³-hybridized carbons (Fsp3) is 0.333. The van der Waals surface area contributed by atoms with Crippen LogP contribution in [-0.4, -0.2) is 12.2 Å². The van der Waals surface area contributed by atoms with Crippen molar-refractivity contribution < 1.29 is 9.59 Å². The molecule has 0 fully saturated rings. The van der Waals surface area contributed by atoms with Crippen molar-refractivity contribution in [2.24, 2.45) is 9.98 Å². The maximum Gasteiger partial charge on any atom is 0.240 e. The van der Waals surface area contributed by atoms with Crippen molar-refractivity contribution in [1.29, 1.82) is 0 Å². The Morgan fingerprint density at radius 2 is 1.16 bits per heavy atom. The molecule has 0 atom stereocenters. The highest BCUT2D eigenvalue weighted by atomic mass is 16.1. The summed E-state index contributed by atoms with van der Waals surface area (Å²) >= 11 is 0. The second-order valence-corrected chi connectivity index (χ2v) is 6.13. The number of aliphatic imine (C=N–C) groups is 2. The standard InChI is InChI=1S/C21H22N2O2/c1-5-16-7-14(3)20(22-12-24)18(9-16)11-19-10-17(6-2)8-15(4)21(19)23-13-25/h7-10H,5-6,11H2,1-4H3. The van der Waals surface area contributed by atoms with E-state index in [1.807, 2.05) is 26.0 Å². The van der Waals surface area contributed by atoms with Crippen LogP contribution in [0.4, 0.5) is 11.4 Å². The third kappa shape index (κ3) is 4.19. The number of benzene rings is 2. The predicted octanol–water partition coefficient (Wildman–Crippen LogP) is 4.95. The highest BCUT2D eigenvalue weighted by molar-refractivity contribution is 5.65. The molecule has 0 heterocycles. The summed E-state index contributed by atoms with van der Waals surface area (Å²) in [7, 11) is 0. The first kappa shape index (κ1) is 18.5. The summed E-state index contributed by atoms with van der Waals surface area (Å²) < 4.78 is 0. The molecule has 0 aliphatic rings.